The van der Waals surface area contributed by atoms with Crippen LogP contribution in [0.2, 0.25) is 0 Å². The highest BCUT2D eigenvalue weighted by Gasteiger charge is 2.40. The zero-order chi connectivity index (χ0) is 22.1. The van der Waals surface area contributed by atoms with Crippen LogP contribution < -0.4 is 19.6 Å². The van der Waals surface area contributed by atoms with E-state index in [0.717, 1.165) is 6.07 Å². The van der Waals surface area contributed by atoms with E-state index in [-0.39, 0.29) is 22.6 Å². The van der Waals surface area contributed by atoms with Gasteiger partial charge in [0.15, 0.2) is 11.5 Å². The number of methoxy groups -OCH3 is 1. The Balaban J connectivity index is 2.16. The van der Waals surface area contributed by atoms with Crippen molar-refractivity contribution < 1.29 is 36.6 Å². The summed E-state index contributed by atoms with van der Waals surface area (Å²) in [6, 6.07) is 9.50. The summed E-state index contributed by atoms with van der Waals surface area (Å²) in [6.45, 7) is 3.21. The van der Waals surface area contributed by atoms with Crippen LogP contribution in [0.5, 0.6) is 23.0 Å². The zero-order valence-electron chi connectivity index (χ0n) is 16.2. The van der Waals surface area contributed by atoms with E-state index in [1.165, 1.54) is 37.4 Å². The molecular formula is C21H17F3O6. The molecule has 0 amide bonds. The molecule has 0 bridgehead atoms. The van der Waals surface area contributed by atoms with Gasteiger partial charge in [0.2, 0.25) is 11.2 Å². The maximum atomic E-state index is 13.6. The summed E-state index contributed by atoms with van der Waals surface area (Å²) in [5.41, 5.74) is -1.43. The lowest BCUT2D eigenvalue weighted by molar-refractivity contribution is -0.154. The van der Waals surface area contributed by atoms with Crippen LogP contribution in [-0.4, -0.2) is 13.1 Å². The molecule has 0 N–H and O–H groups in total. The van der Waals surface area contributed by atoms with Crippen LogP contribution in [0.4, 0.5) is 13.2 Å². The number of hydrogen-bond donors (Lipinski definition) is 0. The second kappa shape index (κ2) is 8.10. The number of carbonyl (C=O) groups is 1. The Bertz CT molecular complexity index is 1150. The number of carbonyl (C=O) groups excluding carboxylic acids is 1. The predicted octanol–water partition coefficient (Wildman–Crippen LogP) is 5.17. The Kier molecular flexibility index (Phi) is 5.73. The number of para-hydroxylation sites is 2. The molecule has 1 aromatic heterocycles. The molecule has 9 heteroatoms. The van der Waals surface area contributed by atoms with Crippen molar-refractivity contribution in [1.82, 2.24) is 0 Å². The van der Waals surface area contributed by atoms with Gasteiger partial charge in [-0.25, -0.2) is 0 Å². The van der Waals surface area contributed by atoms with Crippen molar-refractivity contribution in [2.24, 2.45) is 5.92 Å². The van der Waals surface area contributed by atoms with Gasteiger partial charge in [-0.05, 0) is 24.3 Å². The molecular weight excluding hydrogens is 405 g/mol. The molecule has 3 aromatic rings. The highest BCUT2D eigenvalue weighted by Crippen LogP contribution is 2.40. The number of halogens is 3. The first-order valence-corrected chi connectivity index (χ1v) is 8.82. The first-order valence-electron chi connectivity index (χ1n) is 8.82. The highest BCUT2D eigenvalue weighted by molar-refractivity contribution is 5.81. The fourth-order valence-corrected chi connectivity index (χ4v) is 2.55. The van der Waals surface area contributed by atoms with E-state index in [0.29, 0.717) is 0 Å². The molecule has 3 rings (SSSR count). The second-order valence-electron chi connectivity index (χ2n) is 6.57. The smallest absolute Gasteiger partial charge is 0.453 e. The van der Waals surface area contributed by atoms with Gasteiger partial charge >= 0.3 is 12.1 Å². The van der Waals surface area contributed by atoms with Crippen LogP contribution in [0.25, 0.3) is 11.0 Å². The van der Waals surface area contributed by atoms with E-state index in [2.05, 4.69) is 0 Å². The third-order valence-electron chi connectivity index (χ3n) is 4.05. The average Bonchev–Trinajstić information content (AvgIpc) is 2.69. The molecule has 0 saturated carbocycles. The fourth-order valence-electron chi connectivity index (χ4n) is 2.55. The number of benzene rings is 2. The third kappa shape index (κ3) is 4.24. The predicted molar refractivity (Wildman–Crippen MR) is 101 cm³/mol. The van der Waals surface area contributed by atoms with E-state index in [1.54, 1.807) is 19.9 Å². The molecule has 1 heterocycles. The van der Waals surface area contributed by atoms with Crippen molar-refractivity contribution in [2.75, 3.05) is 7.11 Å². The second-order valence-corrected chi connectivity index (χ2v) is 6.57. The Labute approximate surface area is 168 Å². The summed E-state index contributed by atoms with van der Waals surface area (Å²) < 4.78 is 61.3. The van der Waals surface area contributed by atoms with Crippen molar-refractivity contribution >= 4 is 16.9 Å². The maximum absolute atomic E-state index is 13.6. The Hall–Kier alpha value is -3.49. The van der Waals surface area contributed by atoms with E-state index < -0.39 is 40.6 Å². The van der Waals surface area contributed by atoms with E-state index in [4.69, 9.17) is 18.6 Å². The van der Waals surface area contributed by atoms with Gasteiger partial charge in [-0.1, -0.05) is 26.0 Å². The molecule has 2 aromatic carbocycles. The lowest BCUT2D eigenvalue weighted by Gasteiger charge is -2.15. The molecule has 0 aliphatic carbocycles. The fraction of sp³-hybridized carbons (Fsp3) is 0.238. The van der Waals surface area contributed by atoms with Crippen LogP contribution in [0.1, 0.15) is 19.6 Å². The Morgan fingerprint density at radius 1 is 1.07 bits per heavy atom. The van der Waals surface area contributed by atoms with Crippen molar-refractivity contribution in [3.63, 3.8) is 0 Å². The van der Waals surface area contributed by atoms with Crippen molar-refractivity contribution in [2.45, 2.75) is 20.0 Å². The van der Waals surface area contributed by atoms with Gasteiger partial charge in [0.1, 0.15) is 11.3 Å². The van der Waals surface area contributed by atoms with Crippen molar-refractivity contribution in [3.05, 3.63) is 58.4 Å². The van der Waals surface area contributed by atoms with Crippen molar-refractivity contribution in [3.8, 4) is 23.0 Å². The van der Waals surface area contributed by atoms with Crippen molar-refractivity contribution in [1.29, 1.82) is 0 Å². The van der Waals surface area contributed by atoms with Gasteiger partial charge in [-0.15, -0.1) is 0 Å². The Morgan fingerprint density at radius 3 is 2.33 bits per heavy atom. The number of ether oxygens (including phenoxy) is 3. The monoisotopic (exact) mass is 422 g/mol. The molecule has 158 valence electrons. The summed E-state index contributed by atoms with van der Waals surface area (Å²) in [4.78, 5) is 24.5. The summed E-state index contributed by atoms with van der Waals surface area (Å²) in [6.07, 6.45) is -5.02. The molecule has 0 fully saturated rings. The van der Waals surface area contributed by atoms with Crippen LogP contribution in [-0.2, 0) is 11.0 Å². The molecule has 6 nitrogen and oxygen atoms in total. The molecule has 0 spiro atoms. The standard InChI is InChI=1S/C21H17F3O6/c1-11(2)20(26)28-12-8-9-13-16(10-12)30-19(21(22,23)24)18(17(13)25)29-15-7-5-4-6-14(15)27-3/h4-11H,1-3H3. The summed E-state index contributed by atoms with van der Waals surface area (Å²) in [5, 5.41) is -0.169. The molecule has 30 heavy (non-hydrogen) atoms. The van der Waals surface area contributed by atoms with Crippen LogP contribution in [0, 0.1) is 5.92 Å². The summed E-state index contributed by atoms with van der Waals surface area (Å²) in [7, 11) is 1.32. The summed E-state index contributed by atoms with van der Waals surface area (Å²) >= 11 is 0. The number of fused-ring (bicyclic) bond motifs is 1. The number of rotatable bonds is 5. The normalized spacial score (nSPS) is 11.6. The van der Waals surface area contributed by atoms with E-state index >= 15 is 0 Å². The molecule has 0 saturated heterocycles. The average molecular weight is 422 g/mol. The quantitative estimate of drug-likeness (QED) is 0.417. The number of esters is 1. The maximum Gasteiger partial charge on any atom is 0.453 e. The largest absolute Gasteiger partial charge is 0.493 e. The minimum atomic E-state index is -5.02. The van der Waals surface area contributed by atoms with Gasteiger partial charge in [-0.3, -0.25) is 9.59 Å². The van der Waals surface area contributed by atoms with Crippen LogP contribution in [0.15, 0.2) is 51.7 Å². The number of hydrogen-bond acceptors (Lipinski definition) is 6. The zero-order valence-corrected chi connectivity index (χ0v) is 16.2. The highest BCUT2D eigenvalue weighted by atomic mass is 19.4. The van der Waals surface area contributed by atoms with Crippen LogP contribution in [0.3, 0.4) is 0 Å². The van der Waals surface area contributed by atoms with Gasteiger partial charge in [0.05, 0.1) is 18.4 Å². The van der Waals surface area contributed by atoms with Gasteiger partial charge in [-0.2, -0.15) is 13.2 Å². The SMILES string of the molecule is COc1ccccc1Oc1c(C(F)(F)F)oc2cc(OC(=O)C(C)C)ccc2c1=O. The lowest BCUT2D eigenvalue weighted by Crippen LogP contribution is -2.16. The Morgan fingerprint density at radius 2 is 1.73 bits per heavy atom. The first kappa shape index (κ1) is 21.2. The van der Waals surface area contributed by atoms with Gasteiger partial charge in [0.25, 0.3) is 5.76 Å². The van der Waals surface area contributed by atoms with Gasteiger partial charge < -0.3 is 18.6 Å². The molecule has 0 radical (unpaired) electrons. The minimum Gasteiger partial charge on any atom is -0.493 e. The first-order chi connectivity index (χ1) is 14.1. The van der Waals surface area contributed by atoms with Gasteiger partial charge in [0, 0.05) is 6.07 Å². The molecule has 0 aliphatic rings. The van der Waals surface area contributed by atoms with Crippen LogP contribution >= 0.6 is 0 Å². The molecule has 0 atom stereocenters. The number of alkyl halides is 3. The topological polar surface area (TPSA) is 75.0 Å². The minimum absolute atomic E-state index is 0.0455. The molecule has 0 unspecified atom stereocenters. The summed E-state index contributed by atoms with van der Waals surface area (Å²) in [5.74, 6) is -3.65. The molecule has 0 aliphatic heterocycles. The van der Waals surface area contributed by atoms with E-state index in [9.17, 15) is 22.8 Å². The third-order valence-corrected chi connectivity index (χ3v) is 4.05. The van der Waals surface area contributed by atoms with E-state index in [1.807, 2.05) is 0 Å². The lowest BCUT2D eigenvalue weighted by atomic mass is 10.2.